The SMILES string of the molecule is CC(C)c1cccc(C(C)C)c1OCOC(=O)[C@H](C)N. The third kappa shape index (κ3) is 4.23. The van der Waals surface area contributed by atoms with Crippen LogP contribution in [0.1, 0.15) is 57.6 Å². The summed E-state index contributed by atoms with van der Waals surface area (Å²) in [4.78, 5) is 11.3. The lowest BCUT2D eigenvalue weighted by atomic mass is 9.94. The minimum absolute atomic E-state index is 0.107. The Morgan fingerprint density at radius 3 is 2.00 bits per heavy atom. The molecule has 1 aromatic rings. The van der Waals surface area contributed by atoms with E-state index in [9.17, 15) is 4.79 Å². The Hall–Kier alpha value is -1.55. The van der Waals surface area contributed by atoms with Gasteiger partial charge in [0.1, 0.15) is 11.8 Å². The molecule has 1 rings (SSSR count). The summed E-state index contributed by atoms with van der Waals surface area (Å²) in [7, 11) is 0. The van der Waals surface area contributed by atoms with Crippen molar-refractivity contribution >= 4 is 5.97 Å². The Labute approximate surface area is 121 Å². The second-order valence-corrected chi connectivity index (χ2v) is 5.59. The molecule has 1 atom stereocenters. The maximum Gasteiger partial charge on any atom is 0.325 e. The van der Waals surface area contributed by atoms with Crippen LogP contribution in [0, 0.1) is 0 Å². The molecule has 0 amide bonds. The highest BCUT2D eigenvalue weighted by Gasteiger charge is 2.16. The van der Waals surface area contributed by atoms with E-state index in [-0.39, 0.29) is 6.79 Å². The highest BCUT2D eigenvalue weighted by atomic mass is 16.7. The molecule has 20 heavy (non-hydrogen) atoms. The normalized spacial score (nSPS) is 12.6. The van der Waals surface area contributed by atoms with Crippen LogP contribution < -0.4 is 10.5 Å². The quantitative estimate of drug-likeness (QED) is 0.642. The van der Waals surface area contributed by atoms with Crippen LogP contribution in [0.25, 0.3) is 0 Å². The van der Waals surface area contributed by atoms with Gasteiger partial charge in [-0.2, -0.15) is 0 Å². The maximum absolute atomic E-state index is 11.3. The number of nitrogens with two attached hydrogens (primary N) is 1. The lowest BCUT2D eigenvalue weighted by Gasteiger charge is -2.20. The summed E-state index contributed by atoms with van der Waals surface area (Å²) in [5.41, 5.74) is 7.68. The Morgan fingerprint density at radius 1 is 1.10 bits per heavy atom. The molecule has 0 spiro atoms. The number of rotatable bonds is 6. The van der Waals surface area contributed by atoms with Crippen molar-refractivity contribution in [2.75, 3.05) is 6.79 Å². The van der Waals surface area contributed by atoms with Crippen molar-refractivity contribution in [1.29, 1.82) is 0 Å². The first-order valence-electron chi connectivity index (χ1n) is 7.02. The lowest BCUT2D eigenvalue weighted by molar-refractivity contribution is -0.151. The second-order valence-electron chi connectivity index (χ2n) is 5.59. The van der Waals surface area contributed by atoms with Crippen LogP contribution in [0.3, 0.4) is 0 Å². The van der Waals surface area contributed by atoms with E-state index in [1.807, 2.05) is 18.2 Å². The molecule has 0 saturated carbocycles. The first kappa shape index (κ1) is 16.5. The highest BCUT2D eigenvalue weighted by Crippen LogP contribution is 2.34. The summed E-state index contributed by atoms with van der Waals surface area (Å²) in [6.45, 7) is 9.93. The number of esters is 1. The van der Waals surface area contributed by atoms with Gasteiger partial charge in [0, 0.05) is 0 Å². The molecule has 4 heteroatoms. The predicted molar refractivity (Wildman–Crippen MR) is 79.9 cm³/mol. The summed E-state index contributed by atoms with van der Waals surface area (Å²) in [5, 5.41) is 0. The van der Waals surface area contributed by atoms with Gasteiger partial charge in [-0.15, -0.1) is 0 Å². The second kappa shape index (κ2) is 7.29. The third-order valence-corrected chi connectivity index (χ3v) is 3.10. The highest BCUT2D eigenvalue weighted by molar-refractivity contribution is 5.74. The first-order chi connectivity index (χ1) is 9.34. The number of para-hydroxylation sites is 1. The van der Waals surface area contributed by atoms with E-state index in [1.54, 1.807) is 6.92 Å². The van der Waals surface area contributed by atoms with Crippen molar-refractivity contribution in [3.63, 3.8) is 0 Å². The van der Waals surface area contributed by atoms with Crippen molar-refractivity contribution in [3.8, 4) is 5.75 Å². The van der Waals surface area contributed by atoms with Gasteiger partial charge in [-0.1, -0.05) is 45.9 Å². The average Bonchev–Trinajstić information content (AvgIpc) is 2.37. The van der Waals surface area contributed by atoms with E-state index in [2.05, 4.69) is 27.7 Å². The van der Waals surface area contributed by atoms with E-state index in [1.165, 1.54) is 0 Å². The molecular weight excluding hydrogens is 254 g/mol. The Morgan fingerprint density at radius 2 is 1.60 bits per heavy atom. The van der Waals surface area contributed by atoms with Gasteiger partial charge in [-0.3, -0.25) is 4.79 Å². The molecule has 4 nitrogen and oxygen atoms in total. The number of hydrogen-bond donors (Lipinski definition) is 1. The van der Waals surface area contributed by atoms with Gasteiger partial charge in [-0.25, -0.2) is 0 Å². The van der Waals surface area contributed by atoms with Crippen molar-refractivity contribution in [1.82, 2.24) is 0 Å². The van der Waals surface area contributed by atoms with Gasteiger partial charge in [0.15, 0.2) is 0 Å². The number of carbonyl (C=O) groups excluding carboxylic acids is 1. The largest absolute Gasteiger partial charge is 0.457 e. The molecular formula is C16H25NO3. The molecule has 1 aromatic carbocycles. The molecule has 0 aliphatic rings. The summed E-state index contributed by atoms with van der Waals surface area (Å²) >= 11 is 0. The van der Waals surface area contributed by atoms with Gasteiger partial charge in [0.2, 0.25) is 6.79 Å². The minimum atomic E-state index is -0.636. The minimum Gasteiger partial charge on any atom is -0.457 e. The first-order valence-corrected chi connectivity index (χ1v) is 7.02. The lowest BCUT2D eigenvalue weighted by Crippen LogP contribution is -2.30. The van der Waals surface area contributed by atoms with Crippen LogP contribution in [-0.2, 0) is 9.53 Å². The van der Waals surface area contributed by atoms with Crippen LogP contribution in [-0.4, -0.2) is 18.8 Å². The van der Waals surface area contributed by atoms with E-state index >= 15 is 0 Å². The molecule has 0 heterocycles. The molecule has 0 aliphatic carbocycles. The molecule has 0 unspecified atom stereocenters. The van der Waals surface area contributed by atoms with E-state index in [0.717, 1.165) is 16.9 Å². The van der Waals surface area contributed by atoms with Crippen LogP contribution in [0.4, 0.5) is 0 Å². The van der Waals surface area contributed by atoms with Crippen LogP contribution in [0.15, 0.2) is 18.2 Å². The molecule has 0 aliphatic heterocycles. The summed E-state index contributed by atoms with van der Waals surface area (Å²) in [5.74, 6) is 1.04. The number of ether oxygens (including phenoxy) is 2. The standard InChI is InChI=1S/C16H25NO3/c1-10(2)13-7-6-8-14(11(3)4)15(13)19-9-20-16(18)12(5)17/h6-8,10-12H,9,17H2,1-5H3/t12-/m0/s1. The van der Waals surface area contributed by atoms with Crippen molar-refractivity contribution < 1.29 is 14.3 Å². The summed E-state index contributed by atoms with van der Waals surface area (Å²) < 4.78 is 10.7. The maximum atomic E-state index is 11.3. The molecule has 0 bridgehead atoms. The van der Waals surface area contributed by atoms with Crippen LogP contribution in [0.2, 0.25) is 0 Å². The van der Waals surface area contributed by atoms with Crippen LogP contribution >= 0.6 is 0 Å². The molecule has 0 radical (unpaired) electrons. The van der Waals surface area contributed by atoms with Crippen molar-refractivity contribution in [3.05, 3.63) is 29.3 Å². The van der Waals surface area contributed by atoms with Gasteiger partial charge in [0.25, 0.3) is 0 Å². The Balaban J connectivity index is 2.88. The van der Waals surface area contributed by atoms with E-state index in [4.69, 9.17) is 15.2 Å². The van der Waals surface area contributed by atoms with Gasteiger partial charge in [-0.05, 0) is 29.9 Å². The average molecular weight is 279 g/mol. The summed E-state index contributed by atoms with van der Waals surface area (Å²) in [6.07, 6.45) is 0. The fourth-order valence-corrected chi connectivity index (χ4v) is 1.93. The van der Waals surface area contributed by atoms with Gasteiger partial charge in [0.05, 0.1) is 0 Å². The Bertz CT molecular complexity index is 427. The molecule has 112 valence electrons. The zero-order valence-electron chi connectivity index (χ0n) is 13.0. The molecule has 0 saturated heterocycles. The van der Waals surface area contributed by atoms with E-state index in [0.29, 0.717) is 11.8 Å². The fraction of sp³-hybridized carbons (Fsp3) is 0.562. The zero-order valence-corrected chi connectivity index (χ0v) is 13.0. The van der Waals surface area contributed by atoms with E-state index < -0.39 is 12.0 Å². The summed E-state index contributed by atoms with van der Waals surface area (Å²) in [6, 6.07) is 5.48. The smallest absolute Gasteiger partial charge is 0.325 e. The number of hydrogen-bond acceptors (Lipinski definition) is 4. The number of benzene rings is 1. The fourth-order valence-electron chi connectivity index (χ4n) is 1.93. The topological polar surface area (TPSA) is 61.5 Å². The van der Waals surface area contributed by atoms with Crippen LogP contribution in [0.5, 0.6) is 5.75 Å². The molecule has 0 fully saturated rings. The van der Waals surface area contributed by atoms with Gasteiger partial charge < -0.3 is 15.2 Å². The van der Waals surface area contributed by atoms with Crippen molar-refractivity contribution in [2.24, 2.45) is 5.73 Å². The van der Waals surface area contributed by atoms with Crippen molar-refractivity contribution in [2.45, 2.75) is 52.5 Å². The molecule has 2 N–H and O–H groups in total. The zero-order chi connectivity index (χ0) is 15.3. The predicted octanol–water partition coefficient (Wildman–Crippen LogP) is 3.16. The monoisotopic (exact) mass is 279 g/mol. The molecule has 0 aromatic heterocycles. The third-order valence-electron chi connectivity index (χ3n) is 3.10. The Kier molecular flexibility index (Phi) is 6.02. The van der Waals surface area contributed by atoms with Gasteiger partial charge >= 0.3 is 5.97 Å². The number of carbonyl (C=O) groups is 1.